The van der Waals surface area contributed by atoms with Crippen molar-refractivity contribution in [3.63, 3.8) is 0 Å². The Labute approximate surface area is 64.0 Å². The van der Waals surface area contributed by atoms with Gasteiger partial charge in [0.25, 0.3) is 0 Å². The molecule has 0 unspecified atom stereocenters. The first-order valence-electron chi connectivity index (χ1n) is 2.68. The summed E-state index contributed by atoms with van der Waals surface area (Å²) in [5.41, 5.74) is 0. The normalized spacial score (nSPS) is 9.40. The summed E-state index contributed by atoms with van der Waals surface area (Å²) < 4.78 is 4.81. The second-order valence-electron chi connectivity index (χ2n) is 1.73. The second kappa shape index (κ2) is 2.80. The summed E-state index contributed by atoms with van der Waals surface area (Å²) >= 11 is 5.63. The van der Waals surface area contributed by atoms with Crippen molar-refractivity contribution in [2.24, 2.45) is 0 Å². The van der Waals surface area contributed by atoms with Gasteiger partial charge >= 0.3 is 0 Å². The van der Waals surface area contributed by atoms with Crippen molar-refractivity contribution in [1.29, 1.82) is 0 Å². The van der Waals surface area contributed by atoms with Gasteiger partial charge in [-0.25, -0.2) is 0 Å². The molecule has 10 heavy (non-hydrogen) atoms. The molecule has 0 aliphatic heterocycles. The van der Waals surface area contributed by atoms with Crippen LogP contribution in [0, 0.1) is 6.07 Å². The molecule has 1 N–H and O–H groups in total. The lowest BCUT2D eigenvalue weighted by atomic mass is 10.3. The van der Waals surface area contributed by atoms with Gasteiger partial charge in [-0.2, -0.15) is 0 Å². The zero-order valence-corrected chi connectivity index (χ0v) is 6.14. The Hall–Kier alpha value is -0.890. The highest BCUT2D eigenvalue weighted by molar-refractivity contribution is 6.32. The van der Waals surface area contributed by atoms with Crippen LogP contribution in [0.3, 0.4) is 0 Å². The van der Waals surface area contributed by atoms with E-state index in [2.05, 4.69) is 6.07 Å². The second-order valence-corrected chi connectivity index (χ2v) is 2.14. The topological polar surface area (TPSA) is 29.5 Å². The molecule has 0 heterocycles. The molecule has 53 valence electrons. The number of halogens is 1. The average molecular weight is 158 g/mol. The molecule has 0 aromatic heterocycles. The fourth-order valence-electron chi connectivity index (χ4n) is 0.600. The number of rotatable bonds is 1. The minimum Gasteiger partial charge on any atom is -0.507 e. The number of phenolic OH excluding ortho intramolecular Hbond substituents is 1. The third-order valence-electron chi connectivity index (χ3n) is 1.07. The van der Waals surface area contributed by atoms with Crippen LogP contribution in [0.5, 0.6) is 11.5 Å². The van der Waals surface area contributed by atoms with E-state index in [0.29, 0.717) is 10.8 Å². The molecule has 0 saturated carbocycles. The monoisotopic (exact) mass is 157 g/mol. The van der Waals surface area contributed by atoms with E-state index >= 15 is 0 Å². The van der Waals surface area contributed by atoms with Crippen LogP contribution in [0.25, 0.3) is 0 Å². The number of methoxy groups -OCH3 is 1. The Balaban J connectivity index is 3.09. The fraction of sp³-hybridized carbons (Fsp3) is 0.143. The van der Waals surface area contributed by atoms with Gasteiger partial charge in [0, 0.05) is 12.1 Å². The number of benzene rings is 1. The molecule has 0 fully saturated rings. The van der Waals surface area contributed by atoms with Gasteiger partial charge in [0.05, 0.1) is 12.1 Å². The Morgan fingerprint density at radius 3 is 2.90 bits per heavy atom. The van der Waals surface area contributed by atoms with Crippen LogP contribution in [0.4, 0.5) is 0 Å². The first-order chi connectivity index (χ1) is 4.74. The van der Waals surface area contributed by atoms with E-state index in [0.717, 1.165) is 0 Å². The van der Waals surface area contributed by atoms with Gasteiger partial charge in [0.2, 0.25) is 0 Å². The lowest BCUT2D eigenvalue weighted by Crippen LogP contribution is -1.82. The molecule has 1 aromatic rings. The van der Waals surface area contributed by atoms with Gasteiger partial charge in [-0.15, -0.1) is 0 Å². The molecule has 0 atom stereocenters. The fourth-order valence-corrected chi connectivity index (χ4v) is 0.786. The summed E-state index contributed by atoms with van der Waals surface area (Å²) in [4.78, 5) is 0. The predicted octanol–water partition coefficient (Wildman–Crippen LogP) is 1.85. The lowest BCUT2D eigenvalue weighted by Gasteiger charge is -2.00. The van der Waals surface area contributed by atoms with Gasteiger partial charge in [-0.3, -0.25) is 0 Å². The Morgan fingerprint density at radius 1 is 1.70 bits per heavy atom. The van der Waals surface area contributed by atoms with Gasteiger partial charge in [0.1, 0.15) is 11.5 Å². The molecular weight excluding hydrogens is 152 g/mol. The van der Waals surface area contributed by atoms with Crippen LogP contribution in [-0.2, 0) is 0 Å². The summed E-state index contributed by atoms with van der Waals surface area (Å²) in [6.45, 7) is 0. The van der Waals surface area contributed by atoms with E-state index in [1.807, 2.05) is 0 Å². The van der Waals surface area contributed by atoms with Crippen LogP contribution < -0.4 is 4.74 Å². The van der Waals surface area contributed by atoms with Crippen LogP contribution in [0.15, 0.2) is 12.1 Å². The molecule has 0 aliphatic carbocycles. The highest BCUT2D eigenvalue weighted by atomic mass is 35.5. The first kappa shape index (κ1) is 7.22. The van der Waals surface area contributed by atoms with Crippen molar-refractivity contribution >= 4 is 11.6 Å². The van der Waals surface area contributed by atoms with E-state index < -0.39 is 0 Å². The highest BCUT2D eigenvalue weighted by Crippen LogP contribution is 2.26. The molecular formula is C7H6ClO2. The standard InChI is InChI=1S/C7H6ClO2/c1-10-7-4-5(9)2-3-6(7)8/h3-4,9H,1H3. The van der Waals surface area contributed by atoms with E-state index in [9.17, 15) is 0 Å². The van der Waals surface area contributed by atoms with Crippen LogP contribution >= 0.6 is 11.6 Å². The van der Waals surface area contributed by atoms with E-state index in [4.69, 9.17) is 21.4 Å². The van der Waals surface area contributed by atoms with Crippen molar-refractivity contribution < 1.29 is 9.84 Å². The van der Waals surface area contributed by atoms with Crippen molar-refractivity contribution in [1.82, 2.24) is 0 Å². The highest BCUT2D eigenvalue weighted by Gasteiger charge is 1.99. The van der Waals surface area contributed by atoms with Crippen LogP contribution in [0.1, 0.15) is 0 Å². The molecule has 0 aliphatic rings. The van der Waals surface area contributed by atoms with Crippen molar-refractivity contribution in [2.45, 2.75) is 0 Å². The number of phenols is 1. The van der Waals surface area contributed by atoms with Crippen molar-refractivity contribution in [2.75, 3.05) is 7.11 Å². The summed E-state index contributed by atoms with van der Waals surface area (Å²) in [7, 11) is 1.49. The number of hydrogen-bond donors (Lipinski definition) is 1. The molecule has 3 heteroatoms. The number of ether oxygens (including phenoxy) is 1. The third-order valence-corrected chi connectivity index (χ3v) is 1.37. The van der Waals surface area contributed by atoms with E-state index in [1.54, 1.807) is 0 Å². The minimum atomic E-state index is 0.0289. The Bertz CT molecular complexity index is 235. The molecule has 0 bridgehead atoms. The molecule has 2 nitrogen and oxygen atoms in total. The van der Waals surface area contributed by atoms with Crippen molar-refractivity contribution in [3.05, 3.63) is 23.2 Å². The van der Waals surface area contributed by atoms with Gasteiger partial charge in [0.15, 0.2) is 0 Å². The Kier molecular flexibility index (Phi) is 2.02. The number of aromatic hydroxyl groups is 1. The predicted molar refractivity (Wildman–Crippen MR) is 38.5 cm³/mol. The quantitative estimate of drug-likeness (QED) is 0.674. The van der Waals surface area contributed by atoms with Gasteiger partial charge in [-0.1, -0.05) is 11.6 Å². The van der Waals surface area contributed by atoms with Crippen LogP contribution in [0.2, 0.25) is 5.02 Å². The summed E-state index contributed by atoms with van der Waals surface area (Å²) in [6, 6.07) is 5.38. The Morgan fingerprint density at radius 2 is 2.40 bits per heavy atom. The maximum Gasteiger partial charge on any atom is 0.141 e. The van der Waals surface area contributed by atoms with E-state index in [-0.39, 0.29) is 5.75 Å². The zero-order chi connectivity index (χ0) is 7.56. The minimum absolute atomic E-state index is 0.0289. The maximum absolute atomic E-state index is 8.87. The first-order valence-corrected chi connectivity index (χ1v) is 3.06. The molecule has 0 amide bonds. The van der Waals surface area contributed by atoms with Crippen LogP contribution in [-0.4, -0.2) is 12.2 Å². The average Bonchev–Trinajstić information content (AvgIpc) is 1.94. The lowest BCUT2D eigenvalue weighted by molar-refractivity contribution is 0.407. The largest absolute Gasteiger partial charge is 0.507 e. The molecule has 0 spiro atoms. The number of hydrogen-bond acceptors (Lipinski definition) is 2. The van der Waals surface area contributed by atoms with Gasteiger partial charge < -0.3 is 9.84 Å². The summed E-state index contributed by atoms with van der Waals surface area (Å²) in [5.74, 6) is 0.485. The van der Waals surface area contributed by atoms with Gasteiger partial charge in [-0.05, 0) is 6.07 Å². The molecule has 1 radical (unpaired) electrons. The van der Waals surface area contributed by atoms with E-state index in [1.165, 1.54) is 19.2 Å². The third kappa shape index (κ3) is 1.33. The zero-order valence-electron chi connectivity index (χ0n) is 5.39. The smallest absolute Gasteiger partial charge is 0.141 e. The molecule has 0 saturated heterocycles. The molecule has 1 aromatic carbocycles. The summed E-state index contributed by atoms with van der Waals surface area (Å²) in [6.07, 6.45) is 0. The van der Waals surface area contributed by atoms with Crippen molar-refractivity contribution in [3.8, 4) is 11.5 Å². The molecule has 1 rings (SSSR count). The maximum atomic E-state index is 8.87. The SMILES string of the molecule is COc1cc(O)[c]cc1Cl. The summed E-state index contributed by atoms with van der Waals surface area (Å²) in [5, 5.41) is 9.32.